The van der Waals surface area contributed by atoms with Crippen LogP contribution in [-0.2, 0) is 4.79 Å². The van der Waals surface area contributed by atoms with Crippen LogP contribution < -0.4 is 10.6 Å². The van der Waals surface area contributed by atoms with Crippen molar-refractivity contribution in [1.29, 1.82) is 0 Å². The molecule has 2 aromatic rings. The molecule has 1 amide bonds. The number of amides is 1. The third kappa shape index (κ3) is 2.89. The smallest absolute Gasteiger partial charge is 0.241 e. The van der Waals surface area contributed by atoms with Gasteiger partial charge in [0.2, 0.25) is 5.91 Å². The van der Waals surface area contributed by atoms with Crippen molar-refractivity contribution in [2.24, 2.45) is 0 Å². The maximum absolute atomic E-state index is 12.1. The zero-order valence-corrected chi connectivity index (χ0v) is 12.2. The second-order valence-corrected chi connectivity index (χ2v) is 6.03. The molecule has 5 heteroatoms. The molecule has 2 N–H and O–H groups in total. The van der Waals surface area contributed by atoms with Crippen molar-refractivity contribution in [2.75, 3.05) is 11.9 Å². The van der Waals surface area contributed by atoms with E-state index < -0.39 is 0 Å². The molecule has 3 rings (SSSR count). The molecule has 0 spiro atoms. The average molecular weight is 287 g/mol. The highest BCUT2D eigenvalue weighted by molar-refractivity contribution is 7.09. The Balaban J connectivity index is 1.75. The van der Waals surface area contributed by atoms with Crippen molar-refractivity contribution in [3.05, 3.63) is 34.7 Å². The van der Waals surface area contributed by atoms with E-state index in [1.165, 1.54) is 0 Å². The molecule has 1 unspecified atom stereocenters. The predicted molar refractivity (Wildman–Crippen MR) is 81.9 cm³/mol. The largest absolute Gasteiger partial charge is 0.325 e. The normalized spacial score (nSPS) is 18.1. The summed E-state index contributed by atoms with van der Waals surface area (Å²) < 4.78 is 0. The van der Waals surface area contributed by atoms with Gasteiger partial charge in [0, 0.05) is 16.6 Å². The van der Waals surface area contributed by atoms with E-state index in [1.807, 2.05) is 36.6 Å². The molecule has 1 aliphatic heterocycles. The molecule has 1 aromatic heterocycles. The molecule has 0 saturated carbocycles. The molecular weight excluding hydrogens is 270 g/mol. The lowest BCUT2D eigenvalue weighted by molar-refractivity contribution is -0.117. The van der Waals surface area contributed by atoms with E-state index in [4.69, 9.17) is 0 Å². The van der Waals surface area contributed by atoms with Crippen LogP contribution in [0.1, 0.15) is 17.8 Å². The number of thiazole rings is 1. The van der Waals surface area contributed by atoms with Crippen LogP contribution >= 0.6 is 11.3 Å². The Hall–Kier alpha value is -1.72. The molecule has 1 aromatic carbocycles. The lowest BCUT2D eigenvalue weighted by Gasteiger charge is -2.11. The first kappa shape index (κ1) is 13.3. The van der Waals surface area contributed by atoms with E-state index >= 15 is 0 Å². The fraction of sp³-hybridized carbons (Fsp3) is 0.333. The summed E-state index contributed by atoms with van der Waals surface area (Å²) in [7, 11) is 0. The summed E-state index contributed by atoms with van der Waals surface area (Å²) in [5.41, 5.74) is 2.82. The minimum Gasteiger partial charge on any atom is -0.325 e. The van der Waals surface area contributed by atoms with Crippen molar-refractivity contribution in [2.45, 2.75) is 25.8 Å². The van der Waals surface area contributed by atoms with E-state index in [2.05, 4.69) is 15.6 Å². The number of carbonyl (C=O) groups excluding carboxylic acids is 1. The molecule has 1 atom stereocenters. The van der Waals surface area contributed by atoms with E-state index in [9.17, 15) is 4.79 Å². The monoisotopic (exact) mass is 287 g/mol. The molecule has 2 heterocycles. The van der Waals surface area contributed by atoms with Crippen LogP contribution in [-0.4, -0.2) is 23.5 Å². The average Bonchev–Trinajstić information content (AvgIpc) is 3.10. The Morgan fingerprint density at radius 3 is 3.10 bits per heavy atom. The predicted octanol–water partition coefficient (Wildman–Crippen LogP) is 2.81. The summed E-state index contributed by atoms with van der Waals surface area (Å²) >= 11 is 1.63. The molecule has 0 radical (unpaired) electrons. The van der Waals surface area contributed by atoms with E-state index in [-0.39, 0.29) is 11.9 Å². The van der Waals surface area contributed by atoms with Crippen molar-refractivity contribution >= 4 is 22.9 Å². The number of nitrogens with one attached hydrogen (secondary N) is 2. The topological polar surface area (TPSA) is 54.0 Å². The van der Waals surface area contributed by atoms with Crippen LogP contribution in [0, 0.1) is 6.92 Å². The van der Waals surface area contributed by atoms with E-state index in [1.54, 1.807) is 11.3 Å². The van der Waals surface area contributed by atoms with Crippen molar-refractivity contribution in [3.63, 3.8) is 0 Å². The number of carbonyl (C=O) groups is 1. The number of anilines is 1. The molecular formula is C15H17N3OS. The second-order valence-electron chi connectivity index (χ2n) is 4.97. The van der Waals surface area contributed by atoms with E-state index in [0.717, 1.165) is 41.3 Å². The van der Waals surface area contributed by atoms with Gasteiger partial charge in [-0.05, 0) is 38.4 Å². The molecule has 20 heavy (non-hydrogen) atoms. The number of benzene rings is 1. The van der Waals surface area contributed by atoms with Crippen molar-refractivity contribution in [1.82, 2.24) is 10.3 Å². The molecule has 104 valence electrons. The lowest BCUT2D eigenvalue weighted by Crippen LogP contribution is -2.35. The van der Waals surface area contributed by atoms with Gasteiger partial charge in [-0.2, -0.15) is 0 Å². The first-order chi connectivity index (χ1) is 9.72. The summed E-state index contributed by atoms with van der Waals surface area (Å²) in [6.45, 7) is 2.92. The Morgan fingerprint density at radius 1 is 1.50 bits per heavy atom. The van der Waals surface area contributed by atoms with Gasteiger partial charge < -0.3 is 10.6 Å². The summed E-state index contributed by atoms with van der Waals surface area (Å²) in [4.78, 5) is 16.6. The molecule has 1 aliphatic rings. The Labute approximate surface area is 122 Å². The van der Waals surface area contributed by atoms with Gasteiger partial charge in [0.1, 0.15) is 0 Å². The lowest BCUT2D eigenvalue weighted by atomic mass is 10.1. The van der Waals surface area contributed by atoms with Crippen LogP contribution in [0.3, 0.4) is 0 Å². The van der Waals surface area contributed by atoms with Gasteiger partial charge in [0.15, 0.2) is 0 Å². The minimum absolute atomic E-state index is 0.0501. The van der Waals surface area contributed by atoms with Crippen molar-refractivity contribution < 1.29 is 4.79 Å². The Kier molecular flexibility index (Phi) is 3.80. The van der Waals surface area contributed by atoms with Crippen LogP contribution in [0.25, 0.3) is 11.3 Å². The fourth-order valence-corrected chi connectivity index (χ4v) is 3.01. The second kappa shape index (κ2) is 5.73. The SMILES string of the molecule is Cc1nc(-c2cccc(NC(=O)C3CCCN3)c2)cs1. The summed E-state index contributed by atoms with van der Waals surface area (Å²) in [6.07, 6.45) is 1.98. The van der Waals surface area contributed by atoms with Crippen molar-refractivity contribution in [3.8, 4) is 11.3 Å². The van der Waals surface area contributed by atoms with Crippen LogP contribution in [0.15, 0.2) is 29.6 Å². The Bertz CT molecular complexity index is 617. The zero-order valence-electron chi connectivity index (χ0n) is 11.3. The van der Waals surface area contributed by atoms with Gasteiger partial charge in [-0.1, -0.05) is 12.1 Å². The van der Waals surface area contributed by atoms with Gasteiger partial charge >= 0.3 is 0 Å². The number of rotatable bonds is 3. The minimum atomic E-state index is -0.0554. The number of aryl methyl sites for hydroxylation is 1. The third-order valence-corrected chi connectivity index (χ3v) is 4.20. The third-order valence-electron chi connectivity index (χ3n) is 3.42. The molecule has 4 nitrogen and oxygen atoms in total. The highest BCUT2D eigenvalue weighted by atomic mass is 32.1. The van der Waals surface area contributed by atoms with Gasteiger partial charge in [-0.25, -0.2) is 4.98 Å². The first-order valence-electron chi connectivity index (χ1n) is 6.79. The fourth-order valence-electron chi connectivity index (χ4n) is 2.39. The van der Waals surface area contributed by atoms with Gasteiger partial charge in [-0.15, -0.1) is 11.3 Å². The number of hydrogen-bond donors (Lipinski definition) is 2. The molecule has 0 aliphatic carbocycles. The van der Waals surface area contributed by atoms with Crippen LogP contribution in [0.4, 0.5) is 5.69 Å². The van der Waals surface area contributed by atoms with Gasteiger partial charge in [-0.3, -0.25) is 4.79 Å². The van der Waals surface area contributed by atoms with Crippen LogP contribution in [0.5, 0.6) is 0 Å². The standard InChI is InChI=1S/C15H17N3OS/c1-10-17-14(9-20-10)11-4-2-5-12(8-11)18-15(19)13-6-3-7-16-13/h2,4-5,8-9,13,16H,3,6-7H2,1H3,(H,18,19). The van der Waals surface area contributed by atoms with E-state index in [0.29, 0.717) is 0 Å². The quantitative estimate of drug-likeness (QED) is 0.912. The molecule has 0 bridgehead atoms. The molecule has 1 saturated heterocycles. The Morgan fingerprint density at radius 2 is 2.40 bits per heavy atom. The van der Waals surface area contributed by atoms with Crippen LogP contribution in [0.2, 0.25) is 0 Å². The number of hydrogen-bond acceptors (Lipinski definition) is 4. The van der Waals surface area contributed by atoms with Gasteiger partial charge in [0.25, 0.3) is 0 Å². The summed E-state index contributed by atoms with van der Waals surface area (Å²) in [5, 5.41) is 9.26. The highest BCUT2D eigenvalue weighted by Gasteiger charge is 2.21. The zero-order chi connectivity index (χ0) is 13.9. The summed E-state index contributed by atoms with van der Waals surface area (Å²) in [5.74, 6) is 0.0501. The number of nitrogens with zero attached hydrogens (tertiary/aromatic N) is 1. The van der Waals surface area contributed by atoms with Gasteiger partial charge in [0.05, 0.1) is 16.7 Å². The maximum Gasteiger partial charge on any atom is 0.241 e. The summed E-state index contributed by atoms with van der Waals surface area (Å²) in [6, 6.07) is 7.79. The number of aromatic nitrogens is 1. The maximum atomic E-state index is 12.1. The first-order valence-corrected chi connectivity index (χ1v) is 7.67. The molecule has 1 fully saturated rings. The highest BCUT2D eigenvalue weighted by Crippen LogP contribution is 2.24.